The van der Waals surface area contributed by atoms with Crippen molar-refractivity contribution in [3.05, 3.63) is 87.6 Å². The van der Waals surface area contributed by atoms with Gasteiger partial charge in [-0.2, -0.15) is 0 Å². The Labute approximate surface area is 178 Å². The standard InChI is InChI=1S/C23H20N2O2S2/c1-16-7-2-3-8-17(16)15-24-19-10-5-4-9-18(19)23(22(24)27)25(12-14-29-23)21(26)20-11-6-13-28-20/h2-11,13H,12,14-15H2,1H3/t23-/m0/s1. The van der Waals surface area contributed by atoms with Crippen LogP contribution in [0.5, 0.6) is 0 Å². The number of aryl methyl sites for hydroxylation is 1. The summed E-state index contributed by atoms with van der Waals surface area (Å²) in [5.41, 5.74) is 4.10. The van der Waals surface area contributed by atoms with Crippen LogP contribution in [-0.4, -0.2) is 29.0 Å². The average molecular weight is 421 g/mol. The number of fused-ring (bicyclic) bond motifs is 2. The van der Waals surface area contributed by atoms with Crippen LogP contribution in [0, 0.1) is 6.92 Å². The van der Waals surface area contributed by atoms with E-state index in [1.807, 2.05) is 58.8 Å². The van der Waals surface area contributed by atoms with Gasteiger partial charge < -0.3 is 9.80 Å². The predicted molar refractivity (Wildman–Crippen MR) is 118 cm³/mol. The number of thiophene rings is 1. The molecule has 1 aromatic heterocycles. The summed E-state index contributed by atoms with van der Waals surface area (Å²) in [5.74, 6) is 0.662. The minimum Gasteiger partial charge on any atom is -0.310 e. The van der Waals surface area contributed by atoms with Crippen molar-refractivity contribution in [2.45, 2.75) is 18.3 Å². The van der Waals surface area contributed by atoms with Crippen LogP contribution in [0.2, 0.25) is 0 Å². The molecule has 0 N–H and O–H groups in total. The first-order valence-electron chi connectivity index (χ1n) is 9.58. The second-order valence-corrected chi connectivity index (χ2v) is 9.50. The van der Waals surface area contributed by atoms with E-state index >= 15 is 0 Å². The van der Waals surface area contributed by atoms with E-state index in [9.17, 15) is 9.59 Å². The molecule has 2 amide bonds. The van der Waals surface area contributed by atoms with Gasteiger partial charge >= 0.3 is 0 Å². The van der Waals surface area contributed by atoms with Crippen molar-refractivity contribution >= 4 is 40.6 Å². The number of para-hydroxylation sites is 1. The van der Waals surface area contributed by atoms with Crippen molar-refractivity contribution in [2.75, 3.05) is 17.2 Å². The molecule has 0 radical (unpaired) electrons. The van der Waals surface area contributed by atoms with Crippen molar-refractivity contribution in [3.63, 3.8) is 0 Å². The third kappa shape index (κ3) is 2.74. The molecule has 2 aliphatic rings. The van der Waals surface area contributed by atoms with Crippen molar-refractivity contribution in [2.24, 2.45) is 0 Å². The molecule has 3 aromatic rings. The molecule has 1 spiro atoms. The summed E-state index contributed by atoms with van der Waals surface area (Å²) < 4.78 is 0. The molecular weight excluding hydrogens is 400 g/mol. The predicted octanol–water partition coefficient (Wildman–Crippen LogP) is 4.65. The lowest BCUT2D eigenvalue weighted by molar-refractivity contribution is -0.123. The highest BCUT2D eigenvalue weighted by atomic mass is 32.2. The average Bonchev–Trinajstić information content (AvgIpc) is 3.47. The fraction of sp³-hybridized carbons (Fsp3) is 0.217. The molecule has 146 valence electrons. The minimum atomic E-state index is -0.972. The molecule has 2 aliphatic heterocycles. The van der Waals surface area contributed by atoms with Gasteiger partial charge in [-0.25, -0.2) is 0 Å². The monoisotopic (exact) mass is 420 g/mol. The Kier molecular flexibility index (Phi) is 4.48. The zero-order valence-corrected chi connectivity index (χ0v) is 17.6. The summed E-state index contributed by atoms with van der Waals surface area (Å²) in [6.45, 7) is 3.14. The van der Waals surface area contributed by atoms with E-state index in [4.69, 9.17) is 0 Å². The molecule has 2 aromatic carbocycles. The van der Waals surface area contributed by atoms with Crippen LogP contribution >= 0.6 is 23.1 Å². The first-order chi connectivity index (χ1) is 14.1. The molecule has 0 unspecified atom stereocenters. The van der Waals surface area contributed by atoms with Crippen LogP contribution < -0.4 is 4.90 Å². The largest absolute Gasteiger partial charge is 0.310 e. The van der Waals surface area contributed by atoms with Gasteiger partial charge in [0.25, 0.3) is 11.8 Å². The van der Waals surface area contributed by atoms with E-state index in [2.05, 4.69) is 19.1 Å². The summed E-state index contributed by atoms with van der Waals surface area (Å²) >= 11 is 3.00. The van der Waals surface area contributed by atoms with Gasteiger partial charge in [0.2, 0.25) is 0 Å². The number of amides is 2. The molecule has 0 saturated carbocycles. The smallest absolute Gasteiger partial charge is 0.268 e. The molecule has 6 heteroatoms. The van der Waals surface area contributed by atoms with Gasteiger partial charge in [-0.3, -0.25) is 9.59 Å². The van der Waals surface area contributed by atoms with Crippen LogP contribution in [-0.2, 0) is 16.2 Å². The number of hydrogen-bond acceptors (Lipinski definition) is 4. The summed E-state index contributed by atoms with van der Waals surface area (Å²) in [5, 5.41) is 1.90. The Bertz CT molecular complexity index is 1100. The highest BCUT2D eigenvalue weighted by molar-refractivity contribution is 8.01. The molecule has 4 nitrogen and oxygen atoms in total. The van der Waals surface area contributed by atoms with E-state index in [-0.39, 0.29) is 11.8 Å². The van der Waals surface area contributed by atoms with E-state index in [0.29, 0.717) is 18.0 Å². The molecule has 0 aliphatic carbocycles. The molecule has 1 atom stereocenters. The summed E-state index contributed by atoms with van der Waals surface area (Å²) in [6.07, 6.45) is 0. The highest BCUT2D eigenvalue weighted by Gasteiger charge is 2.59. The number of anilines is 1. The lowest BCUT2D eigenvalue weighted by atomic mass is 10.1. The third-order valence-electron chi connectivity index (χ3n) is 5.67. The molecule has 0 bridgehead atoms. The Morgan fingerprint density at radius 2 is 1.86 bits per heavy atom. The quantitative estimate of drug-likeness (QED) is 0.620. The van der Waals surface area contributed by atoms with Crippen molar-refractivity contribution in [1.82, 2.24) is 4.90 Å². The minimum absolute atomic E-state index is 0.0191. The number of hydrogen-bond donors (Lipinski definition) is 0. The molecule has 3 heterocycles. The first kappa shape index (κ1) is 18.5. The third-order valence-corrected chi connectivity index (χ3v) is 7.94. The summed E-state index contributed by atoms with van der Waals surface area (Å²) in [4.78, 5) is 30.5. The highest BCUT2D eigenvalue weighted by Crippen LogP contribution is 2.54. The van der Waals surface area contributed by atoms with Gasteiger partial charge in [0.15, 0.2) is 4.87 Å². The molecule has 5 rings (SSSR count). The zero-order chi connectivity index (χ0) is 20.0. The second-order valence-electron chi connectivity index (χ2n) is 7.26. The number of nitrogens with zero attached hydrogens (tertiary/aromatic N) is 2. The summed E-state index contributed by atoms with van der Waals surface area (Å²) in [7, 11) is 0. The number of rotatable bonds is 3. The number of thioether (sulfide) groups is 1. The SMILES string of the molecule is Cc1ccccc1CN1C(=O)[C@@]2(SCCN2C(=O)c2cccs2)c2ccccc21. The topological polar surface area (TPSA) is 40.6 Å². The zero-order valence-electron chi connectivity index (χ0n) is 16.0. The number of carbonyl (C=O) groups excluding carboxylic acids is 2. The maximum atomic E-state index is 13.9. The van der Waals surface area contributed by atoms with Crippen LogP contribution in [0.1, 0.15) is 26.4 Å². The van der Waals surface area contributed by atoms with E-state index in [1.54, 1.807) is 16.7 Å². The van der Waals surface area contributed by atoms with Gasteiger partial charge in [-0.1, -0.05) is 48.5 Å². The van der Waals surface area contributed by atoms with Crippen LogP contribution in [0.25, 0.3) is 0 Å². The van der Waals surface area contributed by atoms with Gasteiger partial charge in [0.1, 0.15) is 0 Å². The molecular formula is C23H20N2O2S2. The van der Waals surface area contributed by atoms with Crippen LogP contribution in [0.3, 0.4) is 0 Å². The van der Waals surface area contributed by atoms with Crippen LogP contribution in [0.4, 0.5) is 5.69 Å². The van der Waals surface area contributed by atoms with E-state index in [1.165, 1.54) is 11.3 Å². The number of carbonyl (C=O) groups is 2. The Hall–Kier alpha value is -2.57. The summed E-state index contributed by atoms with van der Waals surface area (Å²) in [6, 6.07) is 19.8. The Morgan fingerprint density at radius 1 is 1.07 bits per heavy atom. The lowest BCUT2D eigenvalue weighted by Gasteiger charge is -2.33. The van der Waals surface area contributed by atoms with Gasteiger partial charge in [-0.15, -0.1) is 23.1 Å². The van der Waals surface area contributed by atoms with Crippen molar-refractivity contribution in [1.29, 1.82) is 0 Å². The number of benzene rings is 2. The first-order valence-corrected chi connectivity index (χ1v) is 11.4. The maximum absolute atomic E-state index is 13.9. The van der Waals surface area contributed by atoms with E-state index in [0.717, 1.165) is 28.1 Å². The van der Waals surface area contributed by atoms with E-state index < -0.39 is 4.87 Å². The fourth-order valence-corrected chi connectivity index (χ4v) is 6.35. The molecule has 1 fully saturated rings. The van der Waals surface area contributed by atoms with Crippen LogP contribution in [0.15, 0.2) is 66.0 Å². The van der Waals surface area contributed by atoms with Crippen molar-refractivity contribution < 1.29 is 9.59 Å². The second kappa shape index (κ2) is 7.04. The molecule has 1 saturated heterocycles. The fourth-order valence-electron chi connectivity index (χ4n) is 4.22. The Balaban J connectivity index is 1.60. The Morgan fingerprint density at radius 3 is 2.66 bits per heavy atom. The maximum Gasteiger partial charge on any atom is 0.268 e. The normalized spacial score (nSPS) is 20.5. The van der Waals surface area contributed by atoms with Gasteiger partial charge in [0, 0.05) is 17.9 Å². The van der Waals surface area contributed by atoms with Crippen molar-refractivity contribution in [3.8, 4) is 0 Å². The van der Waals surface area contributed by atoms with Gasteiger partial charge in [0.05, 0.1) is 17.1 Å². The van der Waals surface area contributed by atoms with Gasteiger partial charge in [-0.05, 0) is 35.6 Å². The molecule has 29 heavy (non-hydrogen) atoms. The lowest BCUT2D eigenvalue weighted by Crippen LogP contribution is -2.50.